The Morgan fingerprint density at radius 3 is 2.14 bits per heavy atom. The standard InChI is InChI=1S/C21H21N3O5/c1-2-11-22-21(28)23-18(25)13-29-19(26)12-24-16-9-5-3-7-14(16)20(27)15-8-4-6-10-17(15)24/h3-10H,2,11-13H2,1H3,(H2,22,23,25,28). The van der Waals surface area contributed by atoms with Gasteiger partial charge in [0.25, 0.3) is 5.91 Å². The summed E-state index contributed by atoms with van der Waals surface area (Å²) in [5, 5.41) is 5.56. The van der Waals surface area contributed by atoms with E-state index >= 15 is 0 Å². The summed E-state index contributed by atoms with van der Waals surface area (Å²) in [6.07, 6.45) is 0.734. The second-order valence-electron chi connectivity index (χ2n) is 6.41. The van der Waals surface area contributed by atoms with Gasteiger partial charge in [0, 0.05) is 17.3 Å². The maximum atomic E-state index is 12.7. The summed E-state index contributed by atoms with van der Waals surface area (Å²) in [6, 6.07) is 13.3. The monoisotopic (exact) mass is 395 g/mol. The van der Waals surface area contributed by atoms with E-state index in [9.17, 15) is 19.2 Å². The lowest BCUT2D eigenvalue weighted by Crippen LogP contribution is -2.41. The van der Waals surface area contributed by atoms with Crippen LogP contribution < -0.4 is 16.1 Å². The van der Waals surface area contributed by atoms with Crippen molar-refractivity contribution in [2.45, 2.75) is 19.9 Å². The van der Waals surface area contributed by atoms with Gasteiger partial charge < -0.3 is 14.6 Å². The Balaban J connectivity index is 1.77. The summed E-state index contributed by atoms with van der Waals surface area (Å²) < 4.78 is 6.69. The van der Waals surface area contributed by atoms with Gasteiger partial charge in [0.05, 0.1) is 11.0 Å². The minimum absolute atomic E-state index is 0.113. The molecule has 0 bridgehead atoms. The Morgan fingerprint density at radius 2 is 1.55 bits per heavy atom. The molecule has 8 heteroatoms. The highest BCUT2D eigenvalue weighted by atomic mass is 16.5. The minimum atomic E-state index is -0.721. The lowest BCUT2D eigenvalue weighted by atomic mass is 10.1. The first-order valence-corrected chi connectivity index (χ1v) is 9.25. The molecule has 0 fully saturated rings. The zero-order valence-electron chi connectivity index (χ0n) is 15.9. The fourth-order valence-corrected chi connectivity index (χ4v) is 3.01. The number of benzene rings is 2. The molecule has 0 saturated carbocycles. The molecule has 2 aromatic carbocycles. The number of nitrogens with one attached hydrogen (secondary N) is 2. The second kappa shape index (κ2) is 9.01. The summed E-state index contributed by atoms with van der Waals surface area (Å²) in [6.45, 7) is 1.56. The van der Waals surface area contributed by atoms with Crippen molar-refractivity contribution in [3.8, 4) is 0 Å². The number of rotatable bonds is 6. The number of carbonyl (C=O) groups is 3. The predicted octanol–water partition coefficient (Wildman–Crippen LogP) is 1.93. The number of hydrogen-bond acceptors (Lipinski definition) is 5. The Hall–Kier alpha value is -3.68. The van der Waals surface area contributed by atoms with Crippen LogP contribution in [-0.2, 0) is 20.9 Å². The lowest BCUT2D eigenvalue weighted by Gasteiger charge is -2.14. The van der Waals surface area contributed by atoms with E-state index in [4.69, 9.17) is 4.74 Å². The molecule has 150 valence electrons. The van der Waals surface area contributed by atoms with Crippen LogP contribution in [-0.4, -0.2) is 35.6 Å². The van der Waals surface area contributed by atoms with Gasteiger partial charge in [-0.2, -0.15) is 0 Å². The molecular formula is C21H21N3O5. The topological polar surface area (TPSA) is 106 Å². The van der Waals surface area contributed by atoms with Gasteiger partial charge in [-0.05, 0) is 30.7 Å². The van der Waals surface area contributed by atoms with Crippen LogP contribution in [0, 0.1) is 0 Å². The summed E-state index contributed by atoms with van der Waals surface area (Å²) in [5.41, 5.74) is 1.08. The van der Waals surface area contributed by atoms with Crippen LogP contribution in [0.1, 0.15) is 13.3 Å². The molecule has 0 saturated heterocycles. The number of ether oxygens (including phenoxy) is 1. The van der Waals surface area contributed by atoms with E-state index in [1.807, 2.05) is 6.92 Å². The quantitative estimate of drug-likeness (QED) is 0.490. The average Bonchev–Trinajstić information content (AvgIpc) is 2.73. The molecule has 0 aliphatic heterocycles. The predicted molar refractivity (Wildman–Crippen MR) is 109 cm³/mol. The van der Waals surface area contributed by atoms with Gasteiger partial charge in [-0.25, -0.2) is 4.79 Å². The van der Waals surface area contributed by atoms with Crippen LogP contribution in [0.25, 0.3) is 21.8 Å². The number of aromatic nitrogens is 1. The first-order valence-electron chi connectivity index (χ1n) is 9.25. The molecule has 2 N–H and O–H groups in total. The number of nitrogens with zero attached hydrogens (tertiary/aromatic N) is 1. The van der Waals surface area contributed by atoms with E-state index in [1.54, 1.807) is 53.1 Å². The molecule has 0 atom stereocenters. The van der Waals surface area contributed by atoms with Crippen molar-refractivity contribution < 1.29 is 19.1 Å². The molecule has 3 amide bonds. The van der Waals surface area contributed by atoms with Crippen molar-refractivity contribution in [1.82, 2.24) is 15.2 Å². The Morgan fingerprint density at radius 1 is 0.966 bits per heavy atom. The molecule has 8 nitrogen and oxygen atoms in total. The van der Waals surface area contributed by atoms with E-state index in [0.29, 0.717) is 28.4 Å². The van der Waals surface area contributed by atoms with Crippen LogP contribution in [0.4, 0.5) is 4.79 Å². The number of imide groups is 1. The molecule has 1 aromatic heterocycles. The fraction of sp³-hybridized carbons (Fsp3) is 0.238. The molecule has 0 aliphatic rings. The second-order valence-corrected chi connectivity index (χ2v) is 6.41. The zero-order chi connectivity index (χ0) is 20.8. The van der Waals surface area contributed by atoms with Crippen molar-refractivity contribution in [3.63, 3.8) is 0 Å². The number of pyridine rings is 1. The van der Waals surface area contributed by atoms with E-state index in [0.717, 1.165) is 6.42 Å². The number of urea groups is 1. The molecule has 29 heavy (non-hydrogen) atoms. The normalized spacial score (nSPS) is 10.7. The molecule has 1 heterocycles. The molecule has 0 unspecified atom stereocenters. The van der Waals surface area contributed by atoms with Gasteiger partial charge in [0.2, 0.25) is 0 Å². The number of fused-ring (bicyclic) bond motifs is 2. The van der Waals surface area contributed by atoms with Crippen molar-refractivity contribution in [2.75, 3.05) is 13.2 Å². The van der Waals surface area contributed by atoms with Crippen LogP contribution in [0.2, 0.25) is 0 Å². The highest BCUT2D eigenvalue weighted by Gasteiger charge is 2.15. The number of hydrogen-bond donors (Lipinski definition) is 2. The van der Waals surface area contributed by atoms with Gasteiger partial charge in [0.1, 0.15) is 6.54 Å². The summed E-state index contributed by atoms with van der Waals surface area (Å²) in [4.78, 5) is 48.2. The van der Waals surface area contributed by atoms with Gasteiger partial charge >= 0.3 is 12.0 Å². The Labute approximate surface area is 166 Å². The maximum absolute atomic E-state index is 12.7. The van der Waals surface area contributed by atoms with Crippen molar-refractivity contribution in [1.29, 1.82) is 0 Å². The third-order valence-corrected chi connectivity index (χ3v) is 4.32. The minimum Gasteiger partial charge on any atom is -0.454 e. The summed E-state index contributed by atoms with van der Waals surface area (Å²) in [7, 11) is 0. The van der Waals surface area contributed by atoms with Crippen molar-refractivity contribution in [2.24, 2.45) is 0 Å². The number of amides is 3. The number of para-hydroxylation sites is 2. The third-order valence-electron chi connectivity index (χ3n) is 4.32. The maximum Gasteiger partial charge on any atom is 0.326 e. The molecule has 3 rings (SSSR count). The van der Waals surface area contributed by atoms with Crippen LogP contribution in [0.3, 0.4) is 0 Å². The van der Waals surface area contributed by atoms with Crippen LogP contribution in [0.15, 0.2) is 53.3 Å². The number of carbonyl (C=O) groups excluding carboxylic acids is 3. The van der Waals surface area contributed by atoms with Gasteiger partial charge in [-0.15, -0.1) is 0 Å². The van der Waals surface area contributed by atoms with Crippen molar-refractivity contribution >= 4 is 39.7 Å². The zero-order valence-corrected chi connectivity index (χ0v) is 15.9. The van der Waals surface area contributed by atoms with Gasteiger partial charge in [-0.1, -0.05) is 31.2 Å². The largest absolute Gasteiger partial charge is 0.454 e. The number of esters is 1. The van der Waals surface area contributed by atoms with E-state index in [-0.39, 0.29) is 12.0 Å². The van der Waals surface area contributed by atoms with E-state index in [1.165, 1.54) is 0 Å². The van der Waals surface area contributed by atoms with Gasteiger partial charge in [0.15, 0.2) is 12.0 Å². The molecule has 3 aromatic rings. The fourth-order valence-electron chi connectivity index (χ4n) is 3.01. The SMILES string of the molecule is CCCNC(=O)NC(=O)COC(=O)Cn1c2ccccc2c(=O)c2ccccc21. The molecule has 0 aliphatic carbocycles. The average molecular weight is 395 g/mol. The Kier molecular flexibility index (Phi) is 6.23. The first-order chi connectivity index (χ1) is 14.0. The lowest BCUT2D eigenvalue weighted by molar-refractivity contribution is -0.148. The Bertz CT molecular complexity index is 1080. The van der Waals surface area contributed by atoms with E-state index in [2.05, 4.69) is 10.6 Å². The molecule has 0 radical (unpaired) electrons. The third kappa shape index (κ3) is 4.60. The molecular weight excluding hydrogens is 374 g/mol. The van der Waals surface area contributed by atoms with Gasteiger partial charge in [-0.3, -0.25) is 19.7 Å². The van der Waals surface area contributed by atoms with Crippen molar-refractivity contribution in [3.05, 3.63) is 58.8 Å². The summed E-state index contributed by atoms with van der Waals surface area (Å²) >= 11 is 0. The highest BCUT2D eigenvalue weighted by molar-refractivity contribution is 5.96. The van der Waals surface area contributed by atoms with Crippen LogP contribution in [0.5, 0.6) is 0 Å². The summed E-state index contributed by atoms with van der Waals surface area (Å²) in [5.74, 6) is -1.38. The first kappa shape index (κ1) is 20.1. The highest BCUT2D eigenvalue weighted by Crippen LogP contribution is 2.19. The van der Waals surface area contributed by atoms with Crippen LogP contribution >= 0.6 is 0 Å². The van der Waals surface area contributed by atoms with E-state index < -0.39 is 24.5 Å². The molecule has 0 spiro atoms. The smallest absolute Gasteiger partial charge is 0.326 e.